The summed E-state index contributed by atoms with van der Waals surface area (Å²) in [7, 11) is 0. The van der Waals surface area contributed by atoms with E-state index in [1.807, 2.05) is 38.1 Å². The first-order valence-electron chi connectivity index (χ1n) is 8.05. The van der Waals surface area contributed by atoms with Crippen LogP contribution in [0.1, 0.15) is 16.7 Å². The molecule has 0 unspecified atom stereocenters. The van der Waals surface area contributed by atoms with Gasteiger partial charge in [-0.1, -0.05) is 11.6 Å². The molecule has 2 aromatic rings. The van der Waals surface area contributed by atoms with E-state index in [0.717, 1.165) is 27.4 Å². The summed E-state index contributed by atoms with van der Waals surface area (Å²) in [5, 5.41) is 0.717. The van der Waals surface area contributed by atoms with E-state index in [1.165, 1.54) is 0 Å². The molecule has 0 saturated carbocycles. The fourth-order valence-electron chi connectivity index (χ4n) is 2.83. The molecule has 0 aliphatic carbocycles. The molecule has 0 radical (unpaired) electrons. The Labute approximate surface area is 152 Å². The maximum atomic E-state index is 12.7. The molecular formula is C19H20ClN3O2. The van der Waals surface area contributed by atoms with Crippen molar-refractivity contribution in [2.45, 2.75) is 13.8 Å². The van der Waals surface area contributed by atoms with Crippen molar-refractivity contribution in [3.05, 3.63) is 52.0 Å². The van der Waals surface area contributed by atoms with E-state index >= 15 is 0 Å². The Morgan fingerprint density at radius 3 is 2.72 bits per heavy atom. The number of nitrogens with zero attached hydrogens (tertiary/aromatic N) is 2. The molecule has 0 aromatic heterocycles. The van der Waals surface area contributed by atoms with E-state index < -0.39 is 0 Å². The lowest BCUT2D eigenvalue weighted by atomic mass is 10.1. The van der Waals surface area contributed by atoms with Gasteiger partial charge in [-0.3, -0.25) is 9.79 Å². The number of hydrogen-bond acceptors (Lipinski definition) is 4. The van der Waals surface area contributed by atoms with Crippen molar-refractivity contribution in [1.82, 2.24) is 0 Å². The number of hydrogen-bond donors (Lipinski definition) is 1. The van der Waals surface area contributed by atoms with Crippen LogP contribution in [0.4, 0.5) is 11.4 Å². The van der Waals surface area contributed by atoms with E-state index in [4.69, 9.17) is 22.1 Å². The van der Waals surface area contributed by atoms with Gasteiger partial charge in [0.25, 0.3) is 5.91 Å². The van der Waals surface area contributed by atoms with Crippen molar-refractivity contribution in [2.24, 2.45) is 4.99 Å². The Morgan fingerprint density at radius 1 is 1.28 bits per heavy atom. The maximum absolute atomic E-state index is 12.7. The van der Waals surface area contributed by atoms with E-state index in [2.05, 4.69) is 4.99 Å². The van der Waals surface area contributed by atoms with E-state index in [1.54, 1.807) is 17.2 Å². The molecule has 0 fully saturated rings. The van der Waals surface area contributed by atoms with Gasteiger partial charge in [-0.15, -0.1) is 0 Å². The van der Waals surface area contributed by atoms with Crippen LogP contribution in [0.5, 0.6) is 5.75 Å². The first-order chi connectivity index (χ1) is 12.0. The van der Waals surface area contributed by atoms with E-state index in [-0.39, 0.29) is 12.5 Å². The molecule has 6 heteroatoms. The number of fused-ring (bicyclic) bond motifs is 1. The highest BCUT2D eigenvalue weighted by Gasteiger charge is 2.20. The lowest BCUT2D eigenvalue weighted by molar-refractivity contribution is -0.120. The predicted molar refractivity (Wildman–Crippen MR) is 102 cm³/mol. The maximum Gasteiger partial charge on any atom is 0.264 e. The van der Waals surface area contributed by atoms with Crippen LogP contribution in [0, 0.1) is 13.8 Å². The smallest absolute Gasteiger partial charge is 0.264 e. The molecule has 5 nitrogen and oxygen atoms in total. The third-order valence-electron chi connectivity index (χ3n) is 4.10. The first kappa shape index (κ1) is 17.3. The zero-order chi connectivity index (χ0) is 18.0. The summed E-state index contributed by atoms with van der Waals surface area (Å²) in [5.41, 5.74) is 9.95. The quantitative estimate of drug-likeness (QED) is 0.856. The summed E-state index contributed by atoms with van der Waals surface area (Å²) < 4.78 is 5.70. The van der Waals surface area contributed by atoms with Gasteiger partial charge in [-0.05, 0) is 55.3 Å². The molecule has 25 heavy (non-hydrogen) atoms. The van der Waals surface area contributed by atoms with Crippen LogP contribution < -0.4 is 15.4 Å². The Hall–Kier alpha value is -2.53. The van der Waals surface area contributed by atoms with Gasteiger partial charge in [0.1, 0.15) is 5.75 Å². The highest BCUT2D eigenvalue weighted by Crippen LogP contribution is 2.27. The monoisotopic (exact) mass is 357 g/mol. The Kier molecular flexibility index (Phi) is 4.95. The number of aryl methyl sites for hydroxylation is 2. The summed E-state index contributed by atoms with van der Waals surface area (Å²) >= 11 is 6.17. The second kappa shape index (κ2) is 7.15. The van der Waals surface area contributed by atoms with E-state index in [0.29, 0.717) is 24.5 Å². The van der Waals surface area contributed by atoms with Crippen LogP contribution in [0.2, 0.25) is 5.02 Å². The lowest BCUT2D eigenvalue weighted by Gasteiger charge is -2.22. The van der Waals surface area contributed by atoms with Crippen LogP contribution in [-0.2, 0) is 4.79 Å². The molecule has 3 rings (SSSR count). The van der Waals surface area contributed by atoms with Crippen molar-refractivity contribution in [1.29, 1.82) is 0 Å². The number of rotatable bonds is 3. The average Bonchev–Trinajstić information content (AvgIpc) is 2.79. The van der Waals surface area contributed by atoms with Crippen LogP contribution in [-0.4, -0.2) is 31.8 Å². The largest absolute Gasteiger partial charge is 0.484 e. The minimum absolute atomic E-state index is 0.0513. The summed E-state index contributed by atoms with van der Waals surface area (Å²) in [5.74, 6) is 0.512. The zero-order valence-electron chi connectivity index (χ0n) is 14.3. The summed E-state index contributed by atoms with van der Waals surface area (Å²) in [4.78, 5) is 18.7. The molecule has 2 N–H and O–H groups in total. The SMILES string of the molecule is Cc1cc(OCC(=O)N2CCN=Cc3cc(N)ccc32)cc(C)c1Cl. The number of benzodiazepines with no additional fused rings is 1. The lowest BCUT2D eigenvalue weighted by Crippen LogP contribution is -2.36. The van der Waals surface area contributed by atoms with Gasteiger partial charge in [0, 0.05) is 29.0 Å². The molecule has 0 atom stereocenters. The molecule has 130 valence electrons. The molecule has 2 aromatic carbocycles. The predicted octanol–water partition coefficient (Wildman–Crippen LogP) is 3.38. The van der Waals surface area contributed by atoms with Gasteiger partial charge in [0.15, 0.2) is 6.61 Å². The first-order valence-corrected chi connectivity index (χ1v) is 8.43. The van der Waals surface area contributed by atoms with Gasteiger partial charge in [0.2, 0.25) is 0 Å². The highest BCUT2D eigenvalue weighted by molar-refractivity contribution is 6.32. The topological polar surface area (TPSA) is 67.9 Å². The minimum atomic E-state index is -0.123. The number of halogens is 1. The molecule has 1 heterocycles. The number of carbonyl (C=O) groups excluding carboxylic acids is 1. The number of nitrogens with two attached hydrogens (primary N) is 1. The van der Waals surface area contributed by atoms with Gasteiger partial charge in [0.05, 0.1) is 12.2 Å². The molecule has 1 aliphatic rings. The van der Waals surface area contributed by atoms with Crippen molar-refractivity contribution < 1.29 is 9.53 Å². The number of benzene rings is 2. The van der Waals surface area contributed by atoms with Crippen molar-refractivity contribution in [3.8, 4) is 5.75 Å². The van der Waals surface area contributed by atoms with Gasteiger partial charge in [-0.25, -0.2) is 0 Å². The number of ether oxygens (including phenoxy) is 1. The number of aliphatic imine (C=N–C) groups is 1. The van der Waals surface area contributed by atoms with Gasteiger partial charge in [-0.2, -0.15) is 0 Å². The molecule has 0 spiro atoms. The van der Waals surface area contributed by atoms with Crippen molar-refractivity contribution in [3.63, 3.8) is 0 Å². The fraction of sp³-hybridized carbons (Fsp3) is 0.263. The zero-order valence-corrected chi connectivity index (χ0v) is 15.0. The Morgan fingerprint density at radius 2 is 2.00 bits per heavy atom. The third kappa shape index (κ3) is 3.77. The molecule has 1 amide bonds. The summed E-state index contributed by atoms with van der Waals surface area (Å²) in [6, 6.07) is 9.12. The number of nitrogen functional groups attached to an aromatic ring is 1. The van der Waals surface area contributed by atoms with Crippen molar-refractivity contribution >= 4 is 35.1 Å². The number of anilines is 2. The standard InChI is InChI=1S/C19H20ClN3O2/c1-12-7-16(8-13(2)19(12)20)25-11-18(24)23-6-5-22-10-14-9-15(21)3-4-17(14)23/h3-4,7-10H,5-6,11,21H2,1-2H3. The number of amides is 1. The molecule has 0 bridgehead atoms. The minimum Gasteiger partial charge on any atom is -0.484 e. The Balaban J connectivity index is 1.76. The second-order valence-corrected chi connectivity index (χ2v) is 6.44. The fourth-order valence-corrected chi connectivity index (χ4v) is 2.94. The van der Waals surface area contributed by atoms with Crippen molar-refractivity contribution in [2.75, 3.05) is 30.3 Å². The third-order valence-corrected chi connectivity index (χ3v) is 4.69. The number of carbonyl (C=O) groups is 1. The highest BCUT2D eigenvalue weighted by atomic mass is 35.5. The van der Waals surface area contributed by atoms with E-state index in [9.17, 15) is 4.79 Å². The van der Waals surface area contributed by atoms with Gasteiger partial charge >= 0.3 is 0 Å². The molecule has 1 aliphatic heterocycles. The summed E-state index contributed by atoms with van der Waals surface area (Å²) in [6.45, 7) is 4.83. The molecule has 0 saturated heterocycles. The second-order valence-electron chi connectivity index (χ2n) is 6.06. The van der Waals surface area contributed by atoms with Gasteiger partial charge < -0.3 is 15.4 Å². The normalized spacial score (nSPS) is 13.3. The van der Waals surface area contributed by atoms with Crippen LogP contribution in [0.25, 0.3) is 0 Å². The van der Waals surface area contributed by atoms with Crippen LogP contribution in [0.3, 0.4) is 0 Å². The van der Waals surface area contributed by atoms with Crippen LogP contribution >= 0.6 is 11.6 Å². The Bertz CT molecular complexity index is 826. The average molecular weight is 358 g/mol. The summed E-state index contributed by atoms with van der Waals surface area (Å²) in [6.07, 6.45) is 1.76. The van der Waals surface area contributed by atoms with Crippen LogP contribution in [0.15, 0.2) is 35.3 Å². The molecular weight excluding hydrogens is 338 g/mol.